The first-order valence-corrected chi connectivity index (χ1v) is 16.1. The lowest BCUT2D eigenvalue weighted by Gasteiger charge is -2.07. The topological polar surface area (TPSA) is 247 Å². The Labute approximate surface area is 305 Å². The number of nitro groups is 2. The van der Waals surface area contributed by atoms with Crippen molar-refractivity contribution >= 4 is 57.2 Å². The normalized spacial score (nSPS) is 10.0. The van der Waals surface area contributed by atoms with Gasteiger partial charge in [-0.1, -0.05) is 0 Å². The summed E-state index contributed by atoms with van der Waals surface area (Å²) in [6.45, 7) is 0. The monoisotopic (exact) mass is 728 g/mol. The van der Waals surface area contributed by atoms with E-state index in [1.54, 1.807) is 55.1 Å². The minimum atomic E-state index is -0.518. The van der Waals surface area contributed by atoms with Gasteiger partial charge in [0.1, 0.15) is 28.4 Å². The van der Waals surface area contributed by atoms with Gasteiger partial charge in [-0.15, -0.1) is 0 Å². The molecule has 4 aromatic carbocycles. The number of nitrogen functional groups attached to an aromatic ring is 2. The Morgan fingerprint density at radius 3 is 1.72 bits per heavy atom. The third-order valence-electron chi connectivity index (χ3n) is 6.83. The Morgan fingerprint density at radius 1 is 0.679 bits per heavy atom. The number of rotatable bonds is 9. The number of imidazole rings is 1. The van der Waals surface area contributed by atoms with Crippen LogP contribution in [0, 0.1) is 30.9 Å². The molecule has 0 atom stereocenters. The van der Waals surface area contributed by atoms with Crippen molar-refractivity contribution in [1.82, 2.24) is 19.9 Å². The van der Waals surface area contributed by atoms with Crippen LogP contribution in [0.2, 0.25) is 0 Å². The quantitative estimate of drug-likeness (QED) is 0.0357. The molecule has 3 aromatic heterocycles. The highest BCUT2D eigenvalue weighted by Crippen LogP contribution is 2.27. The number of H-pyrrole nitrogens is 1. The largest absolute Gasteiger partial charge is 0.457 e. The second-order valence-electron chi connectivity index (χ2n) is 10.5. The summed E-state index contributed by atoms with van der Waals surface area (Å²) in [7, 11) is 0. The fourth-order valence-corrected chi connectivity index (χ4v) is 4.68. The lowest BCUT2D eigenvalue weighted by molar-refractivity contribution is -0.384. The summed E-state index contributed by atoms with van der Waals surface area (Å²) in [5.74, 6) is 3.40. The molecule has 0 aliphatic rings. The number of ether oxygens (including phenoxy) is 2. The molecule has 7 aromatic rings. The maximum atomic E-state index is 10.8. The van der Waals surface area contributed by atoms with E-state index in [4.69, 9.17) is 26.2 Å². The number of hydrogen-bond acceptors (Lipinski definition) is 14. The Balaban J connectivity index is 0.000000171. The van der Waals surface area contributed by atoms with Crippen molar-refractivity contribution < 1.29 is 19.3 Å². The van der Waals surface area contributed by atoms with Gasteiger partial charge >= 0.3 is 0 Å². The zero-order valence-corrected chi connectivity index (χ0v) is 28.2. The summed E-state index contributed by atoms with van der Waals surface area (Å²) in [6.07, 6.45) is 6.68. The first-order chi connectivity index (χ1) is 25.7. The molecule has 6 N–H and O–H groups in total. The third-order valence-corrected chi connectivity index (χ3v) is 7.43. The smallest absolute Gasteiger partial charge is 0.271 e. The van der Waals surface area contributed by atoms with Gasteiger partial charge in [0, 0.05) is 59.6 Å². The first kappa shape index (κ1) is 36.6. The summed E-state index contributed by atoms with van der Waals surface area (Å²) in [4.78, 5) is 36.2. The fraction of sp³-hybridized carbons (Fsp3) is 0. The van der Waals surface area contributed by atoms with Gasteiger partial charge in [-0.2, -0.15) is 5.26 Å². The third kappa shape index (κ3) is 10.9. The van der Waals surface area contributed by atoms with Gasteiger partial charge in [-0.05, 0) is 96.7 Å². The number of anilines is 4. The van der Waals surface area contributed by atoms with Gasteiger partial charge in [-0.3, -0.25) is 30.2 Å². The molecule has 3 heterocycles. The number of hydrogen-bond donors (Lipinski definition) is 4. The first-order valence-electron chi connectivity index (χ1n) is 15.3. The molecule has 0 radical (unpaired) electrons. The summed E-state index contributed by atoms with van der Waals surface area (Å²) in [5.41, 5.74) is 13.3. The van der Waals surface area contributed by atoms with Crippen LogP contribution < -0.4 is 26.3 Å². The number of nitro benzene ring substituents is 2. The number of nitriles is 1. The van der Waals surface area contributed by atoms with Gasteiger partial charge in [0.05, 0.1) is 32.3 Å². The van der Waals surface area contributed by atoms with Gasteiger partial charge in [0.15, 0.2) is 0 Å². The number of nitrogens with two attached hydrogens (primary N) is 2. The highest BCUT2D eigenvalue weighted by atomic mass is 32.2. The number of benzene rings is 4. The number of thioether (sulfide) groups is 1. The van der Waals surface area contributed by atoms with Crippen molar-refractivity contribution in [3.8, 4) is 28.4 Å². The van der Waals surface area contributed by atoms with E-state index in [0.717, 1.165) is 33.8 Å². The molecule has 17 heteroatoms. The Morgan fingerprint density at radius 2 is 1.19 bits per heavy atom. The predicted molar refractivity (Wildman–Crippen MR) is 201 cm³/mol. The van der Waals surface area contributed by atoms with Crippen LogP contribution in [-0.4, -0.2) is 29.8 Å². The zero-order chi connectivity index (χ0) is 37.6. The van der Waals surface area contributed by atoms with Crippen molar-refractivity contribution in [1.29, 1.82) is 5.26 Å². The maximum absolute atomic E-state index is 10.8. The second kappa shape index (κ2) is 17.8. The average molecular weight is 729 g/mol. The number of fused-ring (bicyclic) bond motifs is 1. The maximum Gasteiger partial charge on any atom is 0.271 e. The van der Waals surface area contributed by atoms with E-state index in [2.05, 4.69) is 25.3 Å². The lowest BCUT2D eigenvalue weighted by Crippen LogP contribution is -1.96. The summed E-state index contributed by atoms with van der Waals surface area (Å²) in [5, 5.41) is 34.7. The summed E-state index contributed by atoms with van der Waals surface area (Å²) in [6, 6.07) is 30.3. The van der Waals surface area contributed by atoms with Crippen LogP contribution in [0.25, 0.3) is 11.0 Å². The average Bonchev–Trinajstić information content (AvgIpc) is 3.57. The van der Waals surface area contributed by atoms with Gasteiger partial charge < -0.3 is 31.2 Å². The Kier molecular flexibility index (Phi) is 12.3. The number of thiocyanates is 1. The Hall–Kier alpha value is -7.71. The van der Waals surface area contributed by atoms with Crippen LogP contribution >= 0.6 is 11.8 Å². The zero-order valence-electron chi connectivity index (χ0n) is 27.4. The molecule has 0 unspecified atom stereocenters. The van der Waals surface area contributed by atoms with Crippen molar-refractivity contribution in [2.75, 3.05) is 16.8 Å². The number of pyridine rings is 2. The molecule has 0 amide bonds. The van der Waals surface area contributed by atoms with Gasteiger partial charge in [0.25, 0.3) is 11.4 Å². The van der Waals surface area contributed by atoms with Gasteiger partial charge in [0.2, 0.25) is 5.95 Å². The van der Waals surface area contributed by atoms with Crippen LogP contribution in [0.3, 0.4) is 0 Å². The molecule has 264 valence electrons. The lowest BCUT2D eigenvalue weighted by atomic mass is 10.2. The number of aromatic amines is 1. The highest BCUT2D eigenvalue weighted by molar-refractivity contribution is 8.03. The van der Waals surface area contributed by atoms with Crippen LogP contribution in [0.5, 0.6) is 23.0 Å². The molecule has 0 fully saturated rings. The van der Waals surface area contributed by atoms with E-state index < -0.39 is 9.85 Å². The van der Waals surface area contributed by atoms with E-state index >= 15 is 0 Å². The van der Waals surface area contributed by atoms with E-state index in [9.17, 15) is 20.2 Å². The molecule has 0 bridgehead atoms. The fourth-order valence-electron chi connectivity index (χ4n) is 4.30. The Bertz CT molecular complexity index is 2340. The molecule has 53 heavy (non-hydrogen) atoms. The van der Waals surface area contributed by atoms with Gasteiger partial charge in [-0.25, -0.2) is 4.98 Å². The van der Waals surface area contributed by atoms with E-state index in [1.807, 2.05) is 53.9 Å². The molecule has 7 rings (SSSR count). The van der Waals surface area contributed by atoms with Crippen LogP contribution in [0.1, 0.15) is 0 Å². The highest BCUT2D eigenvalue weighted by Gasteiger charge is 2.10. The second-order valence-corrected chi connectivity index (χ2v) is 11.4. The number of nitrogens with zero attached hydrogens (tertiary/aromatic N) is 6. The molecule has 0 aliphatic carbocycles. The van der Waals surface area contributed by atoms with Crippen LogP contribution in [-0.2, 0) is 0 Å². The van der Waals surface area contributed by atoms with Crippen molar-refractivity contribution in [3.05, 3.63) is 154 Å². The molecule has 0 aliphatic heterocycles. The minimum absolute atomic E-state index is 0.0188. The van der Waals surface area contributed by atoms with E-state index in [1.165, 1.54) is 30.3 Å². The molecule has 16 nitrogen and oxygen atoms in total. The van der Waals surface area contributed by atoms with E-state index in [0.29, 0.717) is 34.2 Å². The predicted octanol–water partition coefficient (Wildman–Crippen LogP) is 8.61. The SMILES string of the molecule is N#CSc1ccc(Oc2ccncc2)cc1.Nc1ccc([N+](=O)[O-])cc1N.O=[N+]([O-])c1ccc2nc(Nc3ccc(Oc4ccncc4)cc3)[nH]c2c1. The van der Waals surface area contributed by atoms with Crippen molar-refractivity contribution in [2.24, 2.45) is 0 Å². The van der Waals surface area contributed by atoms with Crippen molar-refractivity contribution in [3.63, 3.8) is 0 Å². The number of aromatic nitrogens is 4. The number of non-ortho nitro benzene ring substituents is 2. The standard InChI is InChI=1S/C18H13N5O3.C12H8N2OS.C6H7N3O2/c24-23(25)13-3-6-16-17(11-13)22-18(21-16)20-12-1-4-14(5-2-12)26-15-7-9-19-10-8-15;13-9-16-12-3-1-10(2-4-12)15-11-5-7-14-8-6-11;7-5-2-1-4(9(10)11)3-6(5)8/h1-11H,(H2,20,21,22);1-8H;1-3H,7-8H2. The van der Waals surface area contributed by atoms with Crippen LogP contribution in [0.15, 0.2) is 139 Å². The van der Waals surface area contributed by atoms with Crippen molar-refractivity contribution in [2.45, 2.75) is 4.90 Å². The number of nitrogens with one attached hydrogen (secondary N) is 2. The molecule has 0 saturated carbocycles. The van der Waals surface area contributed by atoms with E-state index in [-0.39, 0.29) is 17.1 Å². The molecule has 0 saturated heterocycles. The molecule has 0 spiro atoms. The minimum Gasteiger partial charge on any atom is -0.457 e. The molecular formula is C36H28N10O6S. The molecular weight excluding hydrogens is 701 g/mol. The van der Waals surface area contributed by atoms with Crippen LogP contribution in [0.4, 0.5) is 34.4 Å². The summed E-state index contributed by atoms with van der Waals surface area (Å²) >= 11 is 1.13. The summed E-state index contributed by atoms with van der Waals surface area (Å²) < 4.78 is 11.3.